The Morgan fingerprint density at radius 2 is 1.89 bits per heavy atom. The van der Waals surface area contributed by atoms with Crippen LogP contribution in [0.2, 0.25) is 0 Å². The SMILES string of the molecule is CCc1ccc(N(C)CCSC2CCNCC2)cc1. The first kappa shape index (κ1) is 14.7. The van der Waals surface area contributed by atoms with Crippen LogP contribution in [-0.2, 0) is 6.42 Å². The molecule has 0 unspecified atom stereocenters. The molecule has 0 aliphatic carbocycles. The maximum Gasteiger partial charge on any atom is 0.0364 e. The molecule has 19 heavy (non-hydrogen) atoms. The van der Waals surface area contributed by atoms with E-state index in [9.17, 15) is 0 Å². The van der Waals surface area contributed by atoms with Crippen LogP contribution in [0.15, 0.2) is 24.3 Å². The highest BCUT2D eigenvalue weighted by molar-refractivity contribution is 7.99. The van der Waals surface area contributed by atoms with Crippen LogP contribution in [0.1, 0.15) is 25.3 Å². The van der Waals surface area contributed by atoms with E-state index in [2.05, 4.69) is 60.2 Å². The summed E-state index contributed by atoms with van der Waals surface area (Å²) in [5.74, 6) is 1.23. The third-order valence-electron chi connectivity index (χ3n) is 3.85. The minimum absolute atomic E-state index is 0.872. The molecule has 2 rings (SSSR count). The molecule has 1 aliphatic rings. The zero-order valence-corrected chi connectivity index (χ0v) is 13.0. The topological polar surface area (TPSA) is 15.3 Å². The number of nitrogens with zero attached hydrogens (tertiary/aromatic N) is 1. The van der Waals surface area contributed by atoms with E-state index in [0.717, 1.165) is 18.2 Å². The van der Waals surface area contributed by atoms with Crippen molar-refractivity contribution >= 4 is 17.4 Å². The van der Waals surface area contributed by atoms with Gasteiger partial charge in [0.1, 0.15) is 0 Å². The molecule has 0 spiro atoms. The van der Waals surface area contributed by atoms with Gasteiger partial charge in [-0.1, -0.05) is 19.1 Å². The zero-order valence-electron chi connectivity index (χ0n) is 12.2. The van der Waals surface area contributed by atoms with Gasteiger partial charge in [-0.25, -0.2) is 0 Å². The summed E-state index contributed by atoms with van der Waals surface area (Å²) in [5, 5.41) is 4.30. The van der Waals surface area contributed by atoms with Crippen LogP contribution < -0.4 is 10.2 Å². The molecule has 1 saturated heterocycles. The summed E-state index contributed by atoms with van der Waals surface area (Å²) in [6.07, 6.45) is 3.79. The summed E-state index contributed by atoms with van der Waals surface area (Å²) in [5.41, 5.74) is 2.75. The van der Waals surface area contributed by atoms with E-state index in [1.54, 1.807) is 0 Å². The van der Waals surface area contributed by atoms with Gasteiger partial charge in [0.25, 0.3) is 0 Å². The Morgan fingerprint density at radius 3 is 2.53 bits per heavy atom. The quantitative estimate of drug-likeness (QED) is 0.860. The smallest absolute Gasteiger partial charge is 0.0364 e. The lowest BCUT2D eigenvalue weighted by atomic mass is 10.1. The van der Waals surface area contributed by atoms with E-state index >= 15 is 0 Å². The van der Waals surface area contributed by atoms with Crippen molar-refractivity contribution in [1.29, 1.82) is 0 Å². The molecule has 0 saturated carbocycles. The van der Waals surface area contributed by atoms with E-state index < -0.39 is 0 Å². The molecule has 1 N–H and O–H groups in total. The van der Waals surface area contributed by atoms with Crippen LogP contribution in [0, 0.1) is 0 Å². The van der Waals surface area contributed by atoms with E-state index in [4.69, 9.17) is 0 Å². The first-order valence-corrected chi connectivity index (χ1v) is 8.47. The second-order valence-electron chi connectivity index (χ2n) is 5.26. The zero-order chi connectivity index (χ0) is 13.5. The van der Waals surface area contributed by atoms with Crippen LogP contribution >= 0.6 is 11.8 Å². The lowest BCUT2D eigenvalue weighted by molar-refractivity contribution is 0.531. The van der Waals surface area contributed by atoms with Gasteiger partial charge in [-0.15, -0.1) is 0 Å². The molecule has 0 aromatic heterocycles. The molecule has 1 aromatic rings. The fourth-order valence-corrected chi connectivity index (χ4v) is 3.72. The Bertz CT molecular complexity index is 358. The number of piperidine rings is 1. The first-order valence-electron chi connectivity index (χ1n) is 7.42. The maximum atomic E-state index is 3.43. The highest BCUT2D eigenvalue weighted by Gasteiger charge is 2.13. The van der Waals surface area contributed by atoms with Gasteiger partial charge in [-0.05, 0) is 50.0 Å². The summed E-state index contributed by atoms with van der Waals surface area (Å²) in [4.78, 5) is 2.37. The Morgan fingerprint density at radius 1 is 1.21 bits per heavy atom. The number of thioether (sulfide) groups is 1. The van der Waals surface area contributed by atoms with Crippen molar-refractivity contribution in [3.8, 4) is 0 Å². The molecule has 0 amide bonds. The lowest BCUT2D eigenvalue weighted by Crippen LogP contribution is -2.30. The molecule has 106 valence electrons. The van der Waals surface area contributed by atoms with Gasteiger partial charge in [0.15, 0.2) is 0 Å². The van der Waals surface area contributed by atoms with Crippen molar-refractivity contribution < 1.29 is 0 Å². The van der Waals surface area contributed by atoms with Crippen molar-refractivity contribution in [3.05, 3.63) is 29.8 Å². The van der Waals surface area contributed by atoms with Gasteiger partial charge in [-0.3, -0.25) is 0 Å². The summed E-state index contributed by atoms with van der Waals surface area (Å²) >= 11 is 2.15. The Labute approximate surface area is 122 Å². The molecule has 3 heteroatoms. The van der Waals surface area contributed by atoms with Gasteiger partial charge < -0.3 is 10.2 Å². The lowest BCUT2D eigenvalue weighted by Gasteiger charge is -2.24. The third kappa shape index (κ3) is 4.73. The number of rotatable bonds is 6. The predicted molar refractivity (Wildman–Crippen MR) is 87.4 cm³/mol. The molecule has 1 fully saturated rings. The highest BCUT2D eigenvalue weighted by atomic mass is 32.2. The van der Waals surface area contributed by atoms with Crippen molar-refractivity contribution in [2.45, 2.75) is 31.4 Å². The molecule has 1 aromatic carbocycles. The van der Waals surface area contributed by atoms with Crippen molar-refractivity contribution in [3.63, 3.8) is 0 Å². The van der Waals surface area contributed by atoms with Crippen molar-refractivity contribution in [2.24, 2.45) is 0 Å². The van der Waals surface area contributed by atoms with Crippen LogP contribution in [-0.4, -0.2) is 37.7 Å². The fraction of sp³-hybridized carbons (Fsp3) is 0.625. The van der Waals surface area contributed by atoms with Gasteiger partial charge in [0, 0.05) is 30.3 Å². The predicted octanol–water partition coefficient (Wildman–Crippen LogP) is 3.17. The maximum absolute atomic E-state index is 3.43. The van der Waals surface area contributed by atoms with Crippen LogP contribution in [0.5, 0.6) is 0 Å². The Hall–Kier alpha value is -0.670. The van der Waals surface area contributed by atoms with Crippen LogP contribution in [0.4, 0.5) is 5.69 Å². The second-order valence-corrected chi connectivity index (χ2v) is 6.67. The minimum Gasteiger partial charge on any atom is -0.374 e. The van der Waals surface area contributed by atoms with Gasteiger partial charge in [0.05, 0.1) is 0 Å². The molecule has 1 aliphatic heterocycles. The largest absolute Gasteiger partial charge is 0.374 e. The Balaban J connectivity index is 1.72. The molecular weight excluding hydrogens is 252 g/mol. The first-order chi connectivity index (χ1) is 9.29. The number of nitrogens with one attached hydrogen (secondary N) is 1. The molecule has 1 heterocycles. The Kier molecular flexibility index (Phi) is 6.05. The molecule has 0 radical (unpaired) electrons. The fourth-order valence-electron chi connectivity index (χ4n) is 2.43. The average molecular weight is 278 g/mol. The van der Waals surface area contributed by atoms with E-state index in [1.165, 1.54) is 42.9 Å². The van der Waals surface area contributed by atoms with Crippen molar-refractivity contribution in [1.82, 2.24) is 5.32 Å². The van der Waals surface area contributed by atoms with E-state index in [-0.39, 0.29) is 0 Å². The summed E-state index contributed by atoms with van der Waals surface area (Å²) in [7, 11) is 2.20. The minimum atomic E-state index is 0.872. The highest BCUT2D eigenvalue weighted by Crippen LogP contribution is 2.21. The number of anilines is 1. The normalized spacial score (nSPS) is 16.5. The summed E-state index contributed by atoms with van der Waals surface area (Å²) in [6.45, 7) is 5.74. The molecule has 2 nitrogen and oxygen atoms in total. The number of aryl methyl sites for hydroxylation is 1. The molecular formula is C16H26N2S. The average Bonchev–Trinajstić information content (AvgIpc) is 2.48. The standard InChI is InChI=1S/C16H26N2S/c1-3-14-4-6-15(7-5-14)18(2)12-13-19-16-8-10-17-11-9-16/h4-7,16-17H,3,8-13H2,1-2H3. The monoisotopic (exact) mass is 278 g/mol. The summed E-state index contributed by atoms with van der Waals surface area (Å²) in [6, 6.07) is 8.97. The van der Waals surface area contributed by atoms with Gasteiger partial charge in [-0.2, -0.15) is 11.8 Å². The van der Waals surface area contributed by atoms with E-state index in [1.807, 2.05) is 0 Å². The number of hydrogen-bond acceptors (Lipinski definition) is 3. The van der Waals surface area contributed by atoms with E-state index in [0.29, 0.717) is 0 Å². The number of benzene rings is 1. The van der Waals surface area contributed by atoms with Crippen molar-refractivity contribution in [2.75, 3.05) is 37.3 Å². The third-order valence-corrected chi connectivity index (χ3v) is 5.21. The summed E-state index contributed by atoms with van der Waals surface area (Å²) < 4.78 is 0. The second kappa shape index (κ2) is 7.81. The van der Waals surface area contributed by atoms with Crippen LogP contribution in [0.25, 0.3) is 0 Å². The van der Waals surface area contributed by atoms with Gasteiger partial charge in [0.2, 0.25) is 0 Å². The molecule has 0 atom stereocenters. The van der Waals surface area contributed by atoms with Gasteiger partial charge >= 0.3 is 0 Å². The number of hydrogen-bond donors (Lipinski definition) is 1. The van der Waals surface area contributed by atoms with Crippen LogP contribution in [0.3, 0.4) is 0 Å². The molecule has 0 bridgehead atoms.